The van der Waals surface area contributed by atoms with Gasteiger partial charge in [-0.1, -0.05) is 57.1 Å². The predicted molar refractivity (Wildman–Crippen MR) is 115 cm³/mol. The van der Waals surface area contributed by atoms with E-state index in [1.165, 1.54) is 106 Å². The van der Waals surface area contributed by atoms with Crippen molar-refractivity contribution < 1.29 is 0 Å². The summed E-state index contributed by atoms with van der Waals surface area (Å²) in [7, 11) is 0. The molecule has 3 heteroatoms. The molecule has 0 aliphatic carbocycles. The Balaban J connectivity index is 1.12. The molecule has 0 radical (unpaired) electrons. The summed E-state index contributed by atoms with van der Waals surface area (Å²) in [6.45, 7) is 6.20. The predicted octanol–water partition coefficient (Wildman–Crippen LogP) is 5.99. The van der Waals surface area contributed by atoms with Gasteiger partial charge < -0.3 is 10.2 Å². The third kappa shape index (κ3) is 6.90. The zero-order chi connectivity index (χ0) is 17.9. The third-order valence-corrected chi connectivity index (χ3v) is 7.11. The topological polar surface area (TPSA) is 15.3 Å². The molecule has 0 atom stereocenters. The maximum atomic E-state index is 3.47. The van der Waals surface area contributed by atoms with E-state index >= 15 is 0 Å². The van der Waals surface area contributed by atoms with E-state index in [1.54, 1.807) is 5.56 Å². The Bertz CT molecular complexity index is 511. The summed E-state index contributed by atoms with van der Waals surface area (Å²) in [5.74, 6) is 1.28. The standard InChI is InChI=1S/C23H38N2S/c1(3-5-8-15-25-16-9-7-10-17-25)2-4-6-11-18-26-23-14-12-13-21-19-24-20-22(21)23/h12-14,24H,1-11,15-20H2. The third-order valence-electron chi connectivity index (χ3n) is 5.92. The summed E-state index contributed by atoms with van der Waals surface area (Å²) in [5, 5.41) is 3.47. The molecule has 0 amide bonds. The van der Waals surface area contributed by atoms with Crippen LogP contribution in [0, 0.1) is 0 Å². The van der Waals surface area contributed by atoms with E-state index in [4.69, 9.17) is 0 Å². The highest BCUT2D eigenvalue weighted by atomic mass is 32.2. The molecule has 0 bridgehead atoms. The minimum absolute atomic E-state index is 1.06. The molecular formula is C23H38N2S. The molecule has 2 aliphatic heterocycles. The van der Waals surface area contributed by atoms with E-state index in [1.807, 2.05) is 0 Å². The molecule has 1 aromatic carbocycles. The number of hydrogen-bond acceptors (Lipinski definition) is 3. The minimum atomic E-state index is 1.06. The zero-order valence-electron chi connectivity index (χ0n) is 16.6. The molecule has 0 saturated carbocycles. The molecule has 2 aliphatic rings. The highest BCUT2D eigenvalue weighted by Crippen LogP contribution is 2.29. The fourth-order valence-electron chi connectivity index (χ4n) is 4.30. The maximum absolute atomic E-state index is 3.47. The first kappa shape index (κ1) is 20.2. The van der Waals surface area contributed by atoms with Crippen LogP contribution in [0.3, 0.4) is 0 Å². The Morgan fingerprint density at radius 2 is 1.54 bits per heavy atom. The van der Waals surface area contributed by atoms with Crippen LogP contribution in [0.4, 0.5) is 0 Å². The first-order valence-corrected chi connectivity index (χ1v) is 12.1. The molecule has 1 aromatic rings. The van der Waals surface area contributed by atoms with Gasteiger partial charge in [0, 0.05) is 18.0 Å². The van der Waals surface area contributed by atoms with Gasteiger partial charge in [0.2, 0.25) is 0 Å². The molecule has 2 nitrogen and oxygen atoms in total. The summed E-state index contributed by atoms with van der Waals surface area (Å²) in [6, 6.07) is 6.80. The van der Waals surface area contributed by atoms with Crippen LogP contribution in [-0.4, -0.2) is 30.3 Å². The number of hydrogen-bond donors (Lipinski definition) is 1. The van der Waals surface area contributed by atoms with Crippen LogP contribution >= 0.6 is 11.8 Å². The van der Waals surface area contributed by atoms with Crippen LogP contribution in [0.15, 0.2) is 23.1 Å². The second-order valence-electron chi connectivity index (χ2n) is 8.08. The fraction of sp³-hybridized carbons (Fsp3) is 0.739. The first-order chi connectivity index (χ1) is 12.9. The molecule has 1 N–H and O–H groups in total. The molecular weight excluding hydrogens is 336 g/mol. The van der Waals surface area contributed by atoms with Crippen molar-refractivity contribution in [2.24, 2.45) is 0 Å². The van der Waals surface area contributed by atoms with Crippen LogP contribution in [0.1, 0.15) is 81.8 Å². The normalized spacial score (nSPS) is 17.5. The van der Waals surface area contributed by atoms with Crippen molar-refractivity contribution in [1.82, 2.24) is 10.2 Å². The summed E-state index contributed by atoms with van der Waals surface area (Å²) in [6.07, 6.45) is 15.7. The van der Waals surface area contributed by atoms with Crippen molar-refractivity contribution in [3.05, 3.63) is 29.3 Å². The molecule has 1 saturated heterocycles. The number of thioether (sulfide) groups is 1. The second kappa shape index (κ2) is 12.0. The lowest BCUT2D eigenvalue weighted by Crippen LogP contribution is -2.30. The smallest absolute Gasteiger partial charge is 0.0223 e. The van der Waals surface area contributed by atoms with Gasteiger partial charge in [-0.15, -0.1) is 11.8 Å². The van der Waals surface area contributed by atoms with E-state index in [9.17, 15) is 0 Å². The molecule has 0 unspecified atom stereocenters. The SMILES string of the molecule is c1cc2c(c(SCCCCCCCCCCN3CCCCC3)c1)CNC2. The second-order valence-corrected chi connectivity index (χ2v) is 9.21. The van der Waals surface area contributed by atoms with E-state index in [0.717, 1.165) is 13.1 Å². The number of piperidine rings is 1. The molecule has 2 heterocycles. The number of benzene rings is 1. The van der Waals surface area contributed by atoms with Gasteiger partial charge in [-0.25, -0.2) is 0 Å². The first-order valence-electron chi connectivity index (χ1n) is 11.1. The zero-order valence-corrected chi connectivity index (χ0v) is 17.4. The van der Waals surface area contributed by atoms with Crippen molar-refractivity contribution in [2.75, 3.05) is 25.4 Å². The van der Waals surface area contributed by atoms with E-state index in [0.29, 0.717) is 0 Å². The Kier molecular flexibility index (Phi) is 9.37. The molecule has 0 spiro atoms. The highest BCUT2D eigenvalue weighted by molar-refractivity contribution is 7.99. The molecule has 26 heavy (non-hydrogen) atoms. The summed E-state index contributed by atoms with van der Waals surface area (Å²) in [5.41, 5.74) is 3.07. The lowest BCUT2D eigenvalue weighted by molar-refractivity contribution is 0.224. The molecule has 1 fully saturated rings. The average molecular weight is 375 g/mol. The van der Waals surface area contributed by atoms with E-state index in [-0.39, 0.29) is 0 Å². The molecule has 3 rings (SSSR count). The number of fused-ring (bicyclic) bond motifs is 1. The highest BCUT2D eigenvalue weighted by Gasteiger charge is 2.13. The van der Waals surface area contributed by atoms with Gasteiger partial charge >= 0.3 is 0 Å². The number of nitrogens with zero attached hydrogens (tertiary/aromatic N) is 1. The van der Waals surface area contributed by atoms with Gasteiger partial charge in [-0.05, 0) is 68.3 Å². The van der Waals surface area contributed by atoms with E-state index in [2.05, 4.69) is 40.2 Å². The summed E-state index contributed by atoms with van der Waals surface area (Å²) >= 11 is 2.07. The average Bonchev–Trinajstić information content (AvgIpc) is 3.16. The lowest BCUT2D eigenvalue weighted by atomic mass is 10.1. The lowest BCUT2D eigenvalue weighted by Gasteiger charge is -2.26. The van der Waals surface area contributed by atoms with Crippen molar-refractivity contribution in [2.45, 2.75) is 88.6 Å². The van der Waals surface area contributed by atoms with Crippen molar-refractivity contribution in [1.29, 1.82) is 0 Å². The van der Waals surface area contributed by atoms with Crippen molar-refractivity contribution in [3.63, 3.8) is 0 Å². The molecule has 146 valence electrons. The van der Waals surface area contributed by atoms with E-state index < -0.39 is 0 Å². The summed E-state index contributed by atoms with van der Waals surface area (Å²) in [4.78, 5) is 4.19. The van der Waals surface area contributed by atoms with Gasteiger partial charge in [0.25, 0.3) is 0 Å². The fourth-order valence-corrected chi connectivity index (χ4v) is 5.42. The molecule has 0 aromatic heterocycles. The van der Waals surface area contributed by atoms with Gasteiger partial charge in [0.05, 0.1) is 0 Å². The Morgan fingerprint density at radius 3 is 2.35 bits per heavy atom. The van der Waals surface area contributed by atoms with Crippen LogP contribution in [0.5, 0.6) is 0 Å². The van der Waals surface area contributed by atoms with Crippen LogP contribution in [-0.2, 0) is 13.1 Å². The quantitative estimate of drug-likeness (QED) is 0.357. The number of rotatable bonds is 12. The van der Waals surface area contributed by atoms with Crippen molar-refractivity contribution >= 4 is 11.8 Å². The largest absolute Gasteiger partial charge is 0.309 e. The minimum Gasteiger partial charge on any atom is -0.309 e. The Hall–Kier alpha value is -0.510. The van der Waals surface area contributed by atoms with Crippen LogP contribution < -0.4 is 5.32 Å². The number of nitrogens with one attached hydrogen (secondary N) is 1. The van der Waals surface area contributed by atoms with Gasteiger partial charge in [-0.2, -0.15) is 0 Å². The maximum Gasteiger partial charge on any atom is 0.0223 e. The summed E-state index contributed by atoms with van der Waals surface area (Å²) < 4.78 is 0. The Labute approximate surface area is 165 Å². The van der Waals surface area contributed by atoms with Gasteiger partial charge in [-0.3, -0.25) is 0 Å². The van der Waals surface area contributed by atoms with Crippen LogP contribution in [0.25, 0.3) is 0 Å². The van der Waals surface area contributed by atoms with Crippen molar-refractivity contribution in [3.8, 4) is 0 Å². The number of unbranched alkanes of at least 4 members (excludes halogenated alkanes) is 7. The number of likely N-dealkylation sites (tertiary alicyclic amines) is 1. The van der Waals surface area contributed by atoms with Crippen LogP contribution in [0.2, 0.25) is 0 Å². The van der Waals surface area contributed by atoms with Gasteiger partial charge in [0.15, 0.2) is 0 Å². The Morgan fingerprint density at radius 1 is 0.808 bits per heavy atom. The van der Waals surface area contributed by atoms with Gasteiger partial charge in [0.1, 0.15) is 0 Å². The monoisotopic (exact) mass is 374 g/mol.